The Balaban J connectivity index is 0. The summed E-state index contributed by atoms with van der Waals surface area (Å²) in [6.07, 6.45) is 0. The Morgan fingerprint density at radius 1 is 1.62 bits per heavy atom. The van der Waals surface area contributed by atoms with Gasteiger partial charge in [-0.05, 0) is 14.1 Å². The number of carboxylic acid groups (broad SMARTS) is 1. The Bertz CT molecular complexity index is 74.4. The van der Waals surface area contributed by atoms with Gasteiger partial charge >= 0.3 is 5.97 Å². The number of nitrogens with zero attached hydrogens (tertiary/aromatic N) is 1. The molecule has 0 heterocycles. The van der Waals surface area contributed by atoms with Gasteiger partial charge in [-0.25, -0.2) is 0 Å². The molecule has 0 rings (SSSR count). The van der Waals surface area contributed by atoms with E-state index in [0.29, 0.717) is 0 Å². The predicted octanol–water partition coefficient (Wildman–Crippen LogP) is -0.309. The second-order valence-electron chi connectivity index (χ2n) is 1.63. The minimum Gasteiger partial charge on any atom is -0.480 e. The molecule has 8 heavy (non-hydrogen) atoms. The fourth-order valence-corrected chi connectivity index (χ4v) is 0.271. The number of hydrogen-bond donors (Lipinski definition) is 1. The summed E-state index contributed by atoms with van der Waals surface area (Å²) in [4.78, 5) is 11.4. The van der Waals surface area contributed by atoms with E-state index in [1.54, 1.807) is 19.0 Å². The van der Waals surface area contributed by atoms with Gasteiger partial charge in [-0.1, -0.05) is 0 Å². The van der Waals surface area contributed by atoms with Gasteiger partial charge < -0.3 is 5.11 Å². The minimum absolute atomic E-state index is 0. The normalized spacial score (nSPS) is 8.38. The first-order valence-corrected chi connectivity index (χ1v) is 1.99. The van der Waals surface area contributed by atoms with E-state index in [0.717, 1.165) is 0 Å². The maximum atomic E-state index is 9.77. The van der Waals surface area contributed by atoms with E-state index in [1.165, 1.54) is 0 Å². The van der Waals surface area contributed by atoms with Crippen molar-refractivity contribution in [2.45, 2.75) is 0 Å². The fourth-order valence-electron chi connectivity index (χ4n) is 0.271. The van der Waals surface area contributed by atoms with Crippen LogP contribution in [0, 0.1) is 0 Å². The molecular weight excluding hydrogens is 125 g/mol. The van der Waals surface area contributed by atoms with Crippen LogP contribution in [0.3, 0.4) is 0 Å². The summed E-state index contributed by atoms with van der Waals surface area (Å²) >= 11 is 0. The van der Waals surface area contributed by atoms with Crippen LogP contribution >= 0.6 is 9.90 Å². The molecule has 0 aromatic heterocycles. The molecular formula is C4H12NO2P. The number of carboxylic acids is 1. The first kappa shape index (κ1) is 10.8. The molecule has 1 N–H and O–H groups in total. The van der Waals surface area contributed by atoms with Crippen molar-refractivity contribution in [2.24, 2.45) is 0 Å². The maximum Gasteiger partial charge on any atom is 0.317 e. The minimum atomic E-state index is -0.787. The smallest absolute Gasteiger partial charge is 0.317 e. The summed E-state index contributed by atoms with van der Waals surface area (Å²) in [5.41, 5.74) is 0. The molecule has 0 bridgehead atoms. The molecule has 0 aliphatic heterocycles. The third-order valence-corrected chi connectivity index (χ3v) is 0.451. The van der Waals surface area contributed by atoms with Crippen molar-refractivity contribution in [3.63, 3.8) is 0 Å². The van der Waals surface area contributed by atoms with Crippen molar-refractivity contribution in [2.75, 3.05) is 20.6 Å². The molecule has 0 amide bonds. The summed E-state index contributed by atoms with van der Waals surface area (Å²) in [5, 5.41) is 8.04. The van der Waals surface area contributed by atoms with Crippen LogP contribution in [0.1, 0.15) is 0 Å². The largest absolute Gasteiger partial charge is 0.480 e. The van der Waals surface area contributed by atoms with Gasteiger partial charge in [0.2, 0.25) is 0 Å². The van der Waals surface area contributed by atoms with Gasteiger partial charge in [-0.2, -0.15) is 9.90 Å². The first-order chi connectivity index (χ1) is 3.13. The number of rotatable bonds is 2. The average molecular weight is 137 g/mol. The maximum absolute atomic E-state index is 9.77. The van der Waals surface area contributed by atoms with Crippen LogP contribution in [0.25, 0.3) is 0 Å². The van der Waals surface area contributed by atoms with Crippen LogP contribution in [0.15, 0.2) is 0 Å². The number of likely N-dealkylation sites (N-methyl/N-ethyl adjacent to an activating group) is 1. The highest BCUT2D eigenvalue weighted by Crippen LogP contribution is 1.69. The van der Waals surface area contributed by atoms with Crippen LogP contribution < -0.4 is 0 Å². The Labute approximate surface area is 52.3 Å². The lowest BCUT2D eigenvalue weighted by molar-refractivity contribution is -0.137. The van der Waals surface area contributed by atoms with Gasteiger partial charge in [0, 0.05) is 0 Å². The van der Waals surface area contributed by atoms with E-state index < -0.39 is 5.97 Å². The van der Waals surface area contributed by atoms with E-state index >= 15 is 0 Å². The molecule has 1 unspecified atom stereocenters. The van der Waals surface area contributed by atoms with Crippen molar-refractivity contribution < 1.29 is 9.90 Å². The van der Waals surface area contributed by atoms with Crippen LogP contribution in [-0.2, 0) is 4.79 Å². The molecule has 0 aromatic carbocycles. The Morgan fingerprint density at radius 3 is 2.00 bits per heavy atom. The van der Waals surface area contributed by atoms with E-state index in [4.69, 9.17) is 5.11 Å². The monoisotopic (exact) mass is 137 g/mol. The zero-order valence-electron chi connectivity index (χ0n) is 5.22. The Hall–Kier alpha value is -0.140. The summed E-state index contributed by atoms with van der Waals surface area (Å²) in [5.74, 6) is -0.787. The second-order valence-corrected chi connectivity index (χ2v) is 1.63. The highest BCUT2D eigenvalue weighted by molar-refractivity contribution is 6.92. The van der Waals surface area contributed by atoms with Gasteiger partial charge in [0.05, 0.1) is 6.54 Å². The van der Waals surface area contributed by atoms with Crippen LogP contribution in [0.4, 0.5) is 0 Å². The Morgan fingerprint density at radius 2 is 2.00 bits per heavy atom. The quantitative estimate of drug-likeness (QED) is 0.531. The third-order valence-electron chi connectivity index (χ3n) is 0.451. The van der Waals surface area contributed by atoms with E-state index in [9.17, 15) is 4.79 Å². The fraction of sp³-hybridized carbons (Fsp3) is 0.750. The van der Waals surface area contributed by atoms with Crippen molar-refractivity contribution in [1.29, 1.82) is 0 Å². The Kier molecular flexibility index (Phi) is 6.74. The van der Waals surface area contributed by atoms with E-state index in [2.05, 4.69) is 0 Å². The second kappa shape index (κ2) is 5.01. The summed E-state index contributed by atoms with van der Waals surface area (Å²) in [6.45, 7) is 0.111. The number of aliphatic carboxylic acids is 1. The van der Waals surface area contributed by atoms with Crippen molar-refractivity contribution in [3.05, 3.63) is 0 Å². The summed E-state index contributed by atoms with van der Waals surface area (Å²) in [6, 6.07) is 0. The van der Waals surface area contributed by atoms with E-state index in [1.807, 2.05) is 0 Å². The van der Waals surface area contributed by atoms with Crippen LogP contribution in [0.2, 0.25) is 0 Å². The van der Waals surface area contributed by atoms with Gasteiger partial charge in [0.15, 0.2) is 0 Å². The van der Waals surface area contributed by atoms with Gasteiger partial charge in [-0.3, -0.25) is 9.69 Å². The highest BCUT2D eigenvalue weighted by Gasteiger charge is 1.94. The molecule has 3 nitrogen and oxygen atoms in total. The van der Waals surface area contributed by atoms with Crippen LogP contribution in [-0.4, -0.2) is 36.6 Å². The highest BCUT2D eigenvalue weighted by atomic mass is 31.0. The third kappa shape index (κ3) is 9.29. The molecule has 0 spiro atoms. The number of hydrogen-bond acceptors (Lipinski definition) is 2. The average Bonchev–Trinajstić information content (AvgIpc) is 1.27. The lowest BCUT2D eigenvalue weighted by Crippen LogP contribution is -2.20. The molecule has 0 aliphatic carbocycles. The zero-order valence-corrected chi connectivity index (χ0v) is 6.63. The van der Waals surface area contributed by atoms with Gasteiger partial charge in [0.25, 0.3) is 0 Å². The van der Waals surface area contributed by atoms with Gasteiger partial charge in [-0.15, -0.1) is 0 Å². The topological polar surface area (TPSA) is 40.5 Å². The van der Waals surface area contributed by atoms with Crippen LogP contribution in [0.5, 0.6) is 0 Å². The molecule has 1 atom stereocenters. The summed E-state index contributed by atoms with van der Waals surface area (Å²) in [7, 11) is 3.43. The molecule has 0 aromatic rings. The predicted molar refractivity (Wildman–Crippen MR) is 37.3 cm³/mol. The molecule has 0 radical (unpaired) electrons. The SMILES string of the molecule is CN(C)CC(=O)O.P. The zero-order chi connectivity index (χ0) is 5.86. The molecule has 0 saturated heterocycles. The van der Waals surface area contributed by atoms with Crippen molar-refractivity contribution in [1.82, 2.24) is 4.90 Å². The first-order valence-electron chi connectivity index (χ1n) is 1.99. The molecule has 0 fully saturated rings. The molecule has 0 saturated carbocycles. The van der Waals surface area contributed by atoms with Crippen molar-refractivity contribution in [3.8, 4) is 0 Å². The summed E-state index contributed by atoms with van der Waals surface area (Å²) < 4.78 is 0. The molecule has 4 heteroatoms. The lowest BCUT2D eigenvalue weighted by Gasteiger charge is -2.01. The number of carbonyl (C=O) groups is 1. The van der Waals surface area contributed by atoms with Crippen molar-refractivity contribution >= 4 is 15.9 Å². The molecule has 50 valence electrons. The molecule has 0 aliphatic rings. The lowest BCUT2D eigenvalue weighted by atomic mass is 10.6. The standard InChI is InChI=1S/C4H9NO2.H3P/c1-5(2)3-4(6)7;/h3H2,1-2H3,(H,6,7);1H3. The van der Waals surface area contributed by atoms with Gasteiger partial charge in [0.1, 0.15) is 0 Å². The van der Waals surface area contributed by atoms with E-state index in [-0.39, 0.29) is 16.4 Å².